The zero-order chi connectivity index (χ0) is 24.9. The van der Waals surface area contributed by atoms with Crippen LogP contribution in [0.1, 0.15) is 32.7 Å². The number of phenolic OH excluding ortho intramolecular Hbond substituents is 1. The summed E-state index contributed by atoms with van der Waals surface area (Å²) in [6.45, 7) is 5.83. The Balaban J connectivity index is 1.51. The van der Waals surface area contributed by atoms with Crippen molar-refractivity contribution in [3.8, 4) is 5.75 Å². The van der Waals surface area contributed by atoms with E-state index < -0.39 is 11.8 Å². The molecule has 1 aliphatic heterocycles. The maximum atomic E-state index is 13.0. The van der Waals surface area contributed by atoms with Crippen LogP contribution in [0.3, 0.4) is 0 Å². The minimum absolute atomic E-state index is 0.0241. The fourth-order valence-electron chi connectivity index (χ4n) is 3.94. The molecule has 0 atom stereocenters. The molecule has 2 amide bonds. The number of carbonyl (C=O) groups excluding carboxylic acids is 2. The first-order valence-corrected chi connectivity index (χ1v) is 11.8. The summed E-state index contributed by atoms with van der Waals surface area (Å²) in [4.78, 5) is 34.7. The molecule has 35 heavy (non-hydrogen) atoms. The molecule has 0 aliphatic carbocycles. The number of pyridine rings is 1. The Morgan fingerprint density at radius 1 is 0.971 bits per heavy atom. The van der Waals surface area contributed by atoms with Gasteiger partial charge in [-0.05, 0) is 68.9 Å². The number of nitrogens with one attached hydrogen (secondary N) is 2. The predicted molar refractivity (Wildman–Crippen MR) is 139 cm³/mol. The van der Waals surface area contributed by atoms with Crippen LogP contribution in [0, 0.1) is 6.92 Å². The van der Waals surface area contributed by atoms with Crippen molar-refractivity contribution < 1.29 is 14.7 Å². The molecule has 3 N–H and O–H groups in total. The number of amides is 2. The van der Waals surface area contributed by atoms with Gasteiger partial charge in [0.05, 0.1) is 11.3 Å². The molecule has 0 unspecified atom stereocenters. The molecule has 0 bridgehead atoms. The average molecular weight is 494 g/mol. The first kappa shape index (κ1) is 24.5. The molecule has 1 saturated heterocycles. The maximum absolute atomic E-state index is 13.0. The molecule has 2 aromatic carbocycles. The number of nitrogens with zero attached hydrogens (tertiary/aromatic N) is 3. The number of anilines is 3. The van der Waals surface area contributed by atoms with Gasteiger partial charge in [0.15, 0.2) is 0 Å². The number of halogens is 1. The number of carbonyl (C=O) groups is 2. The maximum Gasteiger partial charge on any atom is 0.259 e. The van der Waals surface area contributed by atoms with Crippen LogP contribution in [0.4, 0.5) is 17.2 Å². The van der Waals surface area contributed by atoms with Crippen LogP contribution in [-0.2, 0) is 0 Å². The third-order valence-corrected chi connectivity index (χ3v) is 6.15. The van der Waals surface area contributed by atoms with Gasteiger partial charge < -0.3 is 25.5 Å². The summed E-state index contributed by atoms with van der Waals surface area (Å²) in [5, 5.41) is 16.0. The molecule has 0 radical (unpaired) electrons. The SMILES string of the molecule is Cc1ccc(NC(=O)c2cc(Cl)cc(O)c2NC(=O)c2ccc(N3CCCN(C)CC3)cc2)nc1. The van der Waals surface area contributed by atoms with Crippen LogP contribution in [-0.4, -0.2) is 60.0 Å². The fourth-order valence-corrected chi connectivity index (χ4v) is 4.15. The molecule has 4 rings (SSSR count). The number of phenols is 1. The highest BCUT2D eigenvalue weighted by Gasteiger charge is 2.20. The van der Waals surface area contributed by atoms with Gasteiger partial charge in [-0.1, -0.05) is 17.7 Å². The standard InChI is InChI=1S/C26H28ClN5O3/c1-17-4-9-23(28-16-17)29-26(35)21-14-19(27)15-22(33)24(21)30-25(34)18-5-7-20(8-6-18)32-11-3-10-31(2)12-13-32/h4-9,14-16,33H,3,10-13H2,1-2H3,(H,30,34)(H,28,29,35). The van der Waals surface area contributed by atoms with Crippen molar-refractivity contribution in [3.63, 3.8) is 0 Å². The number of aromatic hydroxyl groups is 1. The smallest absolute Gasteiger partial charge is 0.259 e. The van der Waals surface area contributed by atoms with Gasteiger partial charge >= 0.3 is 0 Å². The lowest BCUT2D eigenvalue weighted by molar-refractivity contribution is 0.102. The molecule has 0 saturated carbocycles. The van der Waals surface area contributed by atoms with E-state index in [0.717, 1.165) is 43.9 Å². The van der Waals surface area contributed by atoms with E-state index in [0.29, 0.717) is 11.4 Å². The lowest BCUT2D eigenvalue weighted by Gasteiger charge is -2.23. The Morgan fingerprint density at radius 3 is 2.46 bits per heavy atom. The second kappa shape index (κ2) is 10.8. The third-order valence-electron chi connectivity index (χ3n) is 5.93. The van der Waals surface area contributed by atoms with Crippen LogP contribution >= 0.6 is 11.6 Å². The first-order chi connectivity index (χ1) is 16.8. The fraction of sp³-hybridized carbons (Fsp3) is 0.269. The van der Waals surface area contributed by atoms with Crippen molar-refractivity contribution in [2.45, 2.75) is 13.3 Å². The quantitative estimate of drug-likeness (QED) is 0.456. The molecule has 3 aromatic rings. The summed E-state index contributed by atoms with van der Waals surface area (Å²) < 4.78 is 0. The molecule has 1 aromatic heterocycles. The van der Waals surface area contributed by atoms with Crippen molar-refractivity contribution in [2.24, 2.45) is 0 Å². The second-order valence-corrected chi connectivity index (χ2v) is 9.10. The van der Waals surface area contributed by atoms with Crippen molar-refractivity contribution >= 4 is 40.6 Å². The minimum atomic E-state index is -0.559. The van der Waals surface area contributed by atoms with E-state index in [9.17, 15) is 14.7 Å². The van der Waals surface area contributed by atoms with Gasteiger partial charge in [-0.3, -0.25) is 9.59 Å². The lowest BCUT2D eigenvalue weighted by atomic mass is 10.1. The van der Waals surface area contributed by atoms with Crippen LogP contribution in [0.25, 0.3) is 0 Å². The number of hydrogen-bond donors (Lipinski definition) is 3. The second-order valence-electron chi connectivity index (χ2n) is 8.67. The normalized spacial score (nSPS) is 14.3. The Hall–Kier alpha value is -3.62. The van der Waals surface area contributed by atoms with Gasteiger partial charge in [-0.25, -0.2) is 4.98 Å². The Bertz CT molecular complexity index is 1210. The van der Waals surface area contributed by atoms with Gasteiger partial charge in [-0.15, -0.1) is 0 Å². The van der Waals surface area contributed by atoms with Crippen LogP contribution in [0.5, 0.6) is 5.75 Å². The van der Waals surface area contributed by atoms with Gasteiger partial charge in [-0.2, -0.15) is 0 Å². The Kier molecular flexibility index (Phi) is 7.53. The molecule has 1 aliphatic rings. The minimum Gasteiger partial charge on any atom is -0.506 e. The molecular formula is C26H28ClN5O3. The van der Waals surface area contributed by atoms with E-state index in [1.54, 1.807) is 24.4 Å². The first-order valence-electron chi connectivity index (χ1n) is 11.4. The summed E-state index contributed by atoms with van der Waals surface area (Å²) >= 11 is 6.08. The van der Waals surface area contributed by atoms with Gasteiger partial charge in [0.1, 0.15) is 11.6 Å². The third kappa shape index (κ3) is 6.09. The molecule has 0 spiro atoms. The van der Waals surface area contributed by atoms with E-state index in [-0.39, 0.29) is 22.0 Å². The number of hydrogen-bond acceptors (Lipinski definition) is 6. The largest absolute Gasteiger partial charge is 0.506 e. The summed E-state index contributed by atoms with van der Waals surface area (Å²) in [5.41, 5.74) is 2.41. The number of likely N-dealkylation sites (N-methyl/N-ethyl adjacent to an activating group) is 1. The average Bonchev–Trinajstić information content (AvgIpc) is 3.06. The highest BCUT2D eigenvalue weighted by molar-refractivity contribution is 6.31. The Morgan fingerprint density at radius 2 is 1.74 bits per heavy atom. The summed E-state index contributed by atoms with van der Waals surface area (Å²) in [7, 11) is 2.12. The van der Waals surface area contributed by atoms with Crippen LogP contribution in [0.15, 0.2) is 54.7 Å². The van der Waals surface area contributed by atoms with Crippen molar-refractivity contribution in [1.29, 1.82) is 0 Å². The summed E-state index contributed by atoms with van der Waals surface area (Å²) in [6.07, 6.45) is 2.71. The number of aryl methyl sites for hydroxylation is 1. The molecule has 2 heterocycles. The predicted octanol–water partition coefficient (Wildman–Crippen LogP) is 4.40. The highest BCUT2D eigenvalue weighted by atomic mass is 35.5. The number of rotatable bonds is 5. The number of benzene rings is 2. The molecular weight excluding hydrogens is 466 g/mol. The van der Waals surface area contributed by atoms with E-state index in [2.05, 4.69) is 32.5 Å². The van der Waals surface area contributed by atoms with E-state index in [4.69, 9.17) is 11.6 Å². The van der Waals surface area contributed by atoms with Gasteiger partial charge in [0, 0.05) is 48.2 Å². The lowest BCUT2D eigenvalue weighted by Crippen LogP contribution is -2.28. The topological polar surface area (TPSA) is 97.8 Å². The summed E-state index contributed by atoms with van der Waals surface area (Å²) in [5.74, 6) is -0.978. The van der Waals surface area contributed by atoms with E-state index >= 15 is 0 Å². The zero-order valence-electron chi connectivity index (χ0n) is 19.7. The van der Waals surface area contributed by atoms with Crippen LogP contribution in [0.2, 0.25) is 5.02 Å². The number of aromatic nitrogens is 1. The molecule has 1 fully saturated rings. The van der Waals surface area contributed by atoms with Crippen molar-refractivity contribution in [1.82, 2.24) is 9.88 Å². The van der Waals surface area contributed by atoms with Crippen molar-refractivity contribution in [2.75, 3.05) is 48.8 Å². The van der Waals surface area contributed by atoms with Crippen molar-refractivity contribution in [3.05, 3.63) is 76.4 Å². The van der Waals surface area contributed by atoms with Gasteiger partial charge in [0.2, 0.25) is 0 Å². The highest BCUT2D eigenvalue weighted by Crippen LogP contribution is 2.32. The zero-order valence-corrected chi connectivity index (χ0v) is 20.5. The van der Waals surface area contributed by atoms with E-state index in [1.165, 1.54) is 12.1 Å². The monoisotopic (exact) mass is 493 g/mol. The molecule has 8 nitrogen and oxygen atoms in total. The summed E-state index contributed by atoms with van der Waals surface area (Å²) in [6, 6.07) is 13.5. The molecule has 9 heteroatoms. The van der Waals surface area contributed by atoms with E-state index in [1.807, 2.05) is 25.1 Å². The van der Waals surface area contributed by atoms with Crippen LogP contribution < -0.4 is 15.5 Å². The molecule has 182 valence electrons. The van der Waals surface area contributed by atoms with Gasteiger partial charge in [0.25, 0.3) is 11.8 Å². The Labute approximate surface area is 209 Å².